The SMILES string of the molecule is Cc1c(-c2c3oc4c(O)c(=O)ccc4c3[nH]c3c2c(=O)[nH]n3C(C)C)cnn1C. The molecule has 0 bridgehead atoms. The van der Waals surface area contributed by atoms with Crippen LogP contribution in [-0.2, 0) is 7.05 Å². The first kappa shape index (κ1) is 17.4. The molecule has 5 rings (SSSR count). The van der Waals surface area contributed by atoms with Gasteiger partial charge in [-0.05, 0) is 32.9 Å². The Bertz CT molecular complexity index is 1560. The molecular weight excluding hydrogens is 374 g/mol. The number of furan rings is 1. The molecule has 4 aromatic heterocycles. The summed E-state index contributed by atoms with van der Waals surface area (Å²) < 4.78 is 9.44. The number of hydrogen-bond donors (Lipinski definition) is 3. The molecular formula is C20H19N5O4. The third-order valence-corrected chi connectivity index (χ3v) is 5.46. The van der Waals surface area contributed by atoms with Crippen LogP contribution in [0.15, 0.2) is 32.3 Å². The van der Waals surface area contributed by atoms with E-state index in [-0.39, 0.29) is 17.2 Å². The fraction of sp³-hybridized carbons (Fsp3) is 0.250. The standard InChI is InChI=1S/C20H19N5O4/c1-8(2)25-19-14(20(28)23-25)13(11-7-21-24(4)9(11)3)18-15(22-19)10-5-6-12(26)16(27)17(10)29-18/h5-8,22,27H,1-4H3,(H,23,28). The van der Waals surface area contributed by atoms with Gasteiger partial charge in [0.25, 0.3) is 5.56 Å². The Hall–Kier alpha value is -3.75. The Morgan fingerprint density at radius 1 is 1.21 bits per heavy atom. The molecule has 3 N–H and O–H groups in total. The molecule has 1 aromatic carbocycles. The van der Waals surface area contributed by atoms with Crippen LogP contribution in [-0.4, -0.2) is 29.7 Å². The summed E-state index contributed by atoms with van der Waals surface area (Å²) in [4.78, 5) is 28.1. The van der Waals surface area contributed by atoms with E-state index in [9.17, 15) is 14.7 Å². The van der Waals surface area contributed by atoms with E-state index in [0.29, 0.717) is 33.1 Å². The maximum atomic E-state index is 12.9. The largest absolute Gasteiger partial charge is 0.502 e. The second-order valence-electron chi connectivity index (χ2n) is 7.49. The summed E-state index contributed by atoms with van der Waals surface area (Å²) in [6.45, 7) is 5.83. The number of nitrogens with zero attached hydrogens (tertiary/aromatic N) is 3. The van der Waals surface area contributed by atoms with Gasteiger partial charge in [0.15, 0.2) is 11.2 Å². The van der Waals surface area contributed by atoms with Crippen molar-refractivity contribution < 1.29 is 9.52 Å². The van der Waals surface area contributed by atoms with Gasteiger partial charge in [-0.3, -0.25) is 24.1 Å². The minimum absolute atomic E-state index is 0.00319. The Labute approximate surface area is 163 Å². The molecule has 0 aliphatic carbocycles. The van der Waals surface area contributed by atoms with E-state index in [2.05, 4.69) is 15.2 Å². The number of nitrogens with one attached hydrogen (secondary N) is 2. The average molecular weight is 393 g/mol. The monoisotopic (exact) mass is 393 g/mol. The van der Waals surface area contributed by atoms with Gasteiger partial charge < -0.3 is 14.5 Å². The second kappa shape index (κ2) is 5.63. The molecule has 29 heavy (non-hydrogen) atoms. The van der Waals surface area contributed by atoms with Crippen molar-refractivity contribution >= 4 is 33.1 Å². The number of pyridine rings is 1. The number of aromatic hydroxyl groups is 1. The predicted octanol–water partition coefficient (Wildman–Crippen LogP) is 2.91. The normalized spacial score (nSPS) is 12.2. The number of fused-ring (bicyclic) bond motifs is 4. The number of hydrogen-bond acceptors (Lipinski definition) is 5. The van der Waals surface area contributed by atoms with E-state index in [0.717, 1.165) is 11.3 Å². The maximum absolute atomic E-state index is 12.9. The molecule has 0 atom stereocenters. The Balaban J connectivity index is 2.11. The summed E-state index contributed by atoms with van der Waals surface area (Å²) in [5.41, 5.74) is 3.04. The summed E-state index contributed by atoms with van der Waals surface area (Å²) >= 11 is 0. The highest BCUT2D eigenvalue weighted by Gasteiger charge is 2.25. The van der Waals surface area contributed by atoms with Crippen LogP contribution in [0.2, 0.25) is 0 Å². The Morgan fingerprint density at radius 2 is 1.97 bits per heavy atom. The highest BCUT2D eigenvalue weighted by atomic mass is 16.4. The lowest BCUT2D eigenvalue weighted by atomic mass is 10.0. The highest BCUT2D eigenvalue weighted by Crippen LogP contribution is 2.40. The van der Waals surface area contributed by atoms with Gasteiger partial charge in [-0.25, -0.2) is 0 Å². The van der Waals surface area contributed by atoms with E-state index in [1.165, 1.54) is 6.07 Å². The van der Waals surface area contributed by atoms with Crippen LogP contribution in [0, 0.1) is 6.92 Å². The van der Waals surface area contributed by atoms with Gasteiger partial charge in [-0.1, -0.05) is 0 Å². The lowest BCUT2D eigenvalue weighted by Crippen LogP contribution is -2.07. The number of phenols is 1. The number of H-pyrrole nitrogens is 2. The molecule has 5 aromatic rings. The van der Waals surface area contributed by atoms with Crippen LogP contribution in [0.4, 0.5) is 0 Å². The third-order valence-electron chi connectivity index (χ3n) is 5.46. The molecule has 0 amide bonds. The van der Waals surface area contributed by atoms with Crippen LogP contribution >= 0.6 is 0 Å². The first-order chi connectivity index (χ1) is 13.8. The summed E-state index contributed by atoms with van der Waals surface area (Å²) in [6, 6.07) is 2.90. The van der Waals surface area contributed by atoms with Gasteiger partial charge in [-0.2, -0.15) is 5.10 Å². The molecule has 0 radical (unpaired) electrons. The minimum Gasteiger partial charge on any atom is -0.502 e. The fourth-order valence-corrected chi connectivity index (χ4v) is 3.85. The molecule has 0 saturated carbocycles. The van der Waals surface area contributed by atoms with Crippen molar-refractivity contribution in [2.24, 2.45) is 7.05 Å². The van der Waals surface area contributed by atoms with Crippen LogP contribution < -0.4 is 11.0 Å². The lowest BCUT2D eigenvalue weighted by molar-refractivity contribution is 0.464. The number of aromatic nitrogens is 5. The molecule has 0 spiro atoms. The highest BCUT2D eigenvalue weighted by molar-refractivity contribution is 6.15. The molecule has 0 fully saturated rings. The molecule has 0 aliphatic heterocycles. The molecule has 148 valence electrons. The van der Waals surface area contributed by atoms with Crippen molar-refractivity contribution in [1.82, 2.24) is 24.5 Å². The van der Waals surface area contributed by atoms with Crippen molar-refractivity contribution in [3.05, 3.63) is 44.6 Å². The van der Waals surface area contributed by atoms with Gasteiger partial charge in [0.2, 0.25) is 11.2 Å². The minimum atomic E-state index is -0.523. The average Bonchev–Trinajstić information content (AvgIpc) is 3.32. The quantitative estimate of drug-likeness (QED) is 0.426. The van der Waals surface area contributed by atoms with E-state index < -0.39 is 11.2 Å². The molecule has 0 unspecified atom stereocenters. The summed E-state index contributed by atoms with van der Waals surface area (Å²) in [7, 11) is 1.82. The summed E-state index contributed by atoms with van der Waals surface area (Å²) in [5.74, 6) is -0.453. The van der Waals surface area contributed by atoms with E-state index >= 15 is 0 Å². The van der Waals surface area contributed by atoms with Gasteiger partial charge in [0.05, 0.1) is 17.1 Å². The van der Waals surface area contributed by atoms with Crippen LogP contribution in [0.1, 0.15) is 25.6 Å². The van der Waals surface area contributed by atoms with E-state index in [1.54, 1.807) is 21.6 Å². The van der Waals surface area contributed by atoms with Crippen molar-refractivity contribution in [2.45, 2.75) is 26.8 Å². The topological polar surface area (TPSA) is 122 Å². The van der Waals surface area contributed by atoms with Crippen LogP contribution in [0.25, 0.3) is 44.2 Å². The first-order valence-electron chi connectivity index (χ1n) is 9.23. The molecule has 0 saturated heterocycles. The van der Waals surface area contributed by atoms with Gasteiger partial charge in [-0.15, -0.1) is 0 Å². The molecule has 4 heterocycles. The zero-order chi connectivity index (χ0) is 20.6. The number of rotatable bonds is 2. The second-order valence-corrected chi connectivity index (χ2v) is 7.49. The third kappa shape index (κ3) is 2.18. The summed E-state index contributed by atoms with van der Waals surface area (Å²) in [6.07, 6.45) is 1.68. The molecule has 9 nitrogen and oxygen atoms in total. The fourth-order valence-electron chi connectivity index (χ4n) is 3.85. The first-order valence-corrected chi connectivity index (χ1v) is 9.23. The molecule has 9 heteroatoms. The maximum Gasteiger partial charge on any atom is 0.274 e. The van der Waals surface area contributed by atoms with E-state index in [1.807, 2.05) is 27.8 Å². The lowest BCUT2D eigenvalue weighted by Gasteiger charge is -2.10. The zero-order valence-corrected chi connectivity index (χ0v) is 16.3. The number of phenolic OH excluding ortho intramolecular Hbond substituents is 1. The van der Waals surface area contributed by atoms with Crippen molar-refractivity contribution in [3.63, 3.8) is 0 Å². The number of benzene rings is 1. The number of aromatic amines is 2. The van der Waals surface area contributed by atoms with Crippen molar-refractivity contribution in [1.29, 1.82) is 0 Å². The van der Waals surface area contributed by atoms with Crippen LogP contribution in [0.5, 0.6) is 5.75 Å². The van der Waals surface area contributed by atoms with E-state index in [4.69, 9.17) is 4.42 Å². The summed E-state index contributed by atoms with van der Waals surface area (Å²) in [5, 5.41) is 18.4. The van der Waals surface area contributed by atoms with Gasteiger partial charge >= 0.3 is 0 Å². The number of aryl methyl sites for hydroxylation is 1. The smallest absolute Gasteiger partial charge is 0.274 e. The van der Waals surface area contributed by atoms with Crippen LogP contribution in [0.3, 0.4) is 0 Å². The van der Waals surface area contributed by atoms with Gasteiger partial charge in [0.1, 0.15) is 5.65 Å². The van der Waals surface area contributed by atoms with Crippen molar-refractivity contribution in [2.75, 3.05) is 0 Å². The predicted molar refractivity (Wildman–Crippen MR) is 109 cm³/mol. The van der Waals surface area contributed by atoms with Crippen molar-refractivity contribution in [3.8, 4) is 16.9 Å². The molecule has 0 aliphatic rings. The van der Waals surface area contributed by atoms with Gasteiger partial charge in [0, 0.05) is 35.3 Å². The zero-order valence-electron chi connectivity index (χ0n) is 16.3. The Morgan fingerprint density at radius 3 is 2.62 bits per heavy atom. The Kier molecular flexibility index (Phi) is 3.37.